The number of quaternary nitrogens is 2. The summed E-state index contributed by atoms with van der Waals surface area (Å²) in [5, 5.41) is 0. The average molecular weight is 500 g/mol. The summed E-state index contributed by atoms with van der Waals surface area (Å²) in [6.07, 6.45) is 0. The van der Waals surface area contributed by atoms with Gasteiger partial charge in [0.05, 0.1) is 0 Å². The van der Waals surface area contributed by atoms with Crippen molar-refractivity contribution in [1.82, 2.24) is 12.3 Å². The smallest absolute Gasteiger partial charge is 0.759 e. The molecule has 25 heavy (non-hydrogen) atoms. The first-order valence-electron chi connectivity index (χ1n) is 1.33. The second-order valence-corrected chi connectivity index (χ2v) is 2.45. The van der Waals surface area contributed by atoms with E-state index in [1.165, 1.54) is 0 Å². The third-order valence-electron chi connectivity index (χ3n) is 0. The number of hydrogen-bond donors (Lipinski definition) is 2. The Kier molecular flexibility index (Phi) is 835. The molecule has 32 N–H and O–H groups in total. The van der Waals surface area contributed by atoms with Crippen molar-refractivity contribution in [2.24, 2.45) is 0 Å². The standard InChI is InChI=1S/Fe.2H3N.2H2O4S.12H2O/c;;;2*1-5(2,3)4;;;;;;;;;;;;/h;2*1H3;2*(H2,1,2,3,4);12*1H2/q+2;;;;;;;;;;;;;;;;/p-2. The first-order valence-corrected chi connectivity index (χ1v) is 4.00. The Morgan fingerprint density at radius 3 is 0.360 bits per heavy atom. The summed E-state index contributed by atoms with van der Waals surface area (Å²) in [6.45, 7) is 0. The summed E-state index contributed by atoms with van der Waals surface area (Å²) in [7, 11) is -10.3. The third-order valence-corrected chi connectivity index (χ3v) is 0. The van der Waals surface area contributed by atoms with Crippen LogP contribution in [0.3, 0.4) is 0 Å². The molecule has 0 spiro atoms. The Morgan fingerprint density at radius 1 is 0.360 bits per heavy atom. The molecule has 22 nitrogen and oxygen atoms in total. The van der Waals surface area contributed by atoms with Crippen LogP contribution in [0.5, 0.6) is 0 Å². The largest absolute Gasteiger partial charge is 2.00 e. The van der Waals surface area contributed by atoms with Crippen molar-refractivity contribution in [3.63, 3.8) is 0 Å². The Balaban J connectivity index is -0.00000000213. The fourth-order valence-corrected chi connectivity index (χ4v) is 0. The second kappa shape index (κ2) is 89.2. The second-order valence-electron chi connectivity index (χ2n) is 0.816. The van der Waals surface area contributed by atoms with E-state index in [0.717, 1.165) is 0 Å². The van der Waals surface area contributed by atoms with Crippen molar-refractivity contribution in [2.75, 3.05) is 0 Å². The molecule has 0 saturated heterocycles. The molecule has 25 heteroatoms. The van der Waals surface area contributed by atoms with E-state index in [1.54, 1.807) is 0 Å². The molecule has 0 saturated carbocycles. The van der Waals surface area contributed by atoms with Gasteiger partial charge >= 0.3 is 17.1 Å². The first-order chi connectivity index (χ1) is 4.00. The zero-order valence-electron chi connectivity index (χ0n) is 12.4. The summed E-state index contributed by atoms with van der Waals surface area (Å²) in [5.74, 6) is 0. The van der Waals surface area contributed by atoms with Gasteiger partial charge in [-0.2, -0.15) is 0 Å². The predicted molar refractivity (Wildman–Crippen MR) is 76.3 cm³/mol. The van der Waals surface area contributed by atoms with Crippen LogP contribution in [-0.4, -0.2) is 101 Å². The number of hydrogen-bond acceptors (Lipinski definition) is 8. The van der Waals surface area contributed by atoms with E-state index in [4.69, 9.17) is 35.0 Å². The van der Waals surface area contributed by atoms with E-state index in [2.05, 4.69) is 0 Å². The molecular formula is H32FeN2O20S2. The molecule has 182 valence electrons. The molecule has 0 aliphatic rings. The van der Waals surface area contributed by atoms with E-state index in [1.807, 2.05) is 0 Å². The van der Waals surface area contributed by atoms with Crippen molar-refractivity contribution in [3.05, 3.63) is 0 Å². The van der Waals surface area contributed by atoms with Gasteiger partial charge in [0.15, 0.2) is 0 Å². The van der Waals surface area contributed by atoms with Gasteiger partial charge in [-0.25, -0.2) is 0 Å². The Labute approximate surface area is 151 Å². The van der Waals surface area contributed by atoms with Gasteiger partial charge in [-0.05, 0) is 0 Å². The van der Waals surface area contributed by atoms with Gasteiger partial charge in [0.25, 0.3) is 0 Å². The van der Waals surface area contributed by atoms with Crippen LogP contribution in [0.4, 0.5) is 0 Å². The molecule has 0 radical (unpaired) electrons. The summed E-state index contributed by atoms with van der Waals surface area (Å²) in [5.41, 5.74) is 0. The van der Waals surface area contributed by atoms with Gasteiger partial charge in [-0.1, -0.05) is 0 Å². The minimum absolute atomic E-state index is 0. The quantitative estimate of drug-likeness (QED) is 0.182. The van der Waals surface area contributed by atoms with Gasteiger partial charge in [0, 0.05) is 20.8 Å². The molecule has 0 heterocycles. The van der Waals surface area contributed by atoms with Crippen molar-refractivity contribution in [3.8, 4) is 0 Å². The topological polar surface area (TPSA) is 612 Å². The zero-order chi connectivity index (χ0) is 9.00. The molecule has 0 aromatic carbocycles. The van der Waals surface area contributed by atoms with Crippen LogP contribution < -0.4 is 12.3 Å². The maximum absolute atomic E-state index is 8.52. The minimum atomic E-state index is -5.17. The average Bonchev–Trinajstić information content (AvgIpc) is 1.12. The van der Waals surface area contributed by atoms with Crippen LogP contribution in [-0.2, 0) is 37.9 Å². The fourth-order valence-electron chi connectivity index (χ4n) is 0. The van der Waals surface area contributed by atoms with Gasteiger partial charge in [-0.15, -0.1) is 0 Å². The molecule has 0 aromatic heterocycles. The maximum Gasteiger partial charge on any atom is 2.00 e. The predicted octanol–water partition coefficient (Wildman–Crippen LogP) is -11.8. The summed E-state index contributed by atoms with van der Waals surface area (Å²) in [4.78, 5) is 0. The normalized spacial score (nSPS) is 4.64. The van der Waals surface area contributed by atoms with E-state index in [0.29, 0.717) is 0 Å². The number of rotatable bonds is 0. The summed E-state index contributed by atoms with van der Waals surface area (Å²) >= 11 is 0. The molecule has 0 fully saturated rings. The first kappa shape index (κ1) is 234. The maximum atomic E-state index is 8.52. The Bertz CT molecular complexity index is 222. The summed E-state index contributed by atoms with van der Waals surface area (Å²) in [6, 6.07) is 0. The van der Waals surface area contributed by atoms with Crippen molar-refractivity contribution in [2.45, 2.75) is 0 Å². The van der Waals surface area contributed by atoms with Crippen LogP contribution in [0, 0.1) is 0 Å². The molecule has 0 amide bonds. The van der Waals surface area contributed by atoms with Crippen molar-refractivity contribution >= 4 is 20.8 Å². The van der Waals surface area contributed by atoms with Crippen molar-refractivity contribution < 1.29 is 118 Å². The van der Waals surface area contributed by atoms with E-state index >= 15 is 0 Å². The minimum Gasteiger partial charge on any atom is -0.759 e. The van der Waals surface area contributed by atoms with Crippen LogP contribution in [0.2, 0.25) is 0 Å². The third kappa shape index (κ3) is 124000. The zero-order valence-corrected chi connectivity index (χ0v) is 15.2. The van der Waals surface area contributed by atoms with E-state index < -0.39 is 20.8 Å². The molecule has 0 unspecified atom stereocenters. The van der Waals surface area contributed by atoms with Gasteiger partial charge in [-0.3, -0.25) is 16.8 Å². The molecular weight excluding hydrogens is 468 g/mol. The van der Waals surface area contributed by atoms with Crippen LogP contribution in [0.15, 0.2) is 0 Å². The van der Waals surface area contributed by atoms with Crippen LogP contribution in [0.25, 0.3) is 0 Å². The Morgan fingerprint density at radius 2 is 0.360 bits per heavy atom. The van der Waals surface area contributed by atoms with Crippen molar-refractivity contribution in [1.29, 1.82) is 0 Å². The van der Waals surface area contributed by atoms with E-state index in [9.17, 15) is 0 Å². The summed E-state index contributed by atoms with van der Waals surface area (Å²) < 4.78 is 68.2. The molecule has 0 bridgehead atoms. The monoisotopic (exact) mass is 500 g/mol. The van der Waals surface area contributed by atoms with Gasteiger partial charge in [0.1, 0.15) is 0 Å². The van der Waals surface area contributed by atoms with E-state index in [-0.39, 0.29) is 95.1 Å². The van der Waals surface area contributed by atoms with Gasteiger partial charge in [0.2, 0.25) is 0 Å². The molecule has 0 rings (SSSR count). The van der Waals surface area contributed by atoms with Crippen LogP contribution in [0.1, 0.15) is 0 Å². The fraction of sp³-hybridized carbons (Fsp3) is 0. The SMILES string of the molecule is O.O.O.O.O.O.O.O.O.O.O.O.O=S(=O)([O-])[O-].O=S(=O)([O-])[O-].[Fe+2].[NH4+].[NH4+]. The molecule has 0 aliphatic heterocycles. The Hall–Kier alpha value is -0.301. The molecule has 0 atom stereocenters. The van der Waals surface area contributed by atoms with Gasteiger partial charge < -0.3 is 96.2 Å². The molecule has 0 aliphatic carbocycles. The van der Waals surface area contributed by atoms with Crippen LogP contribution >= 0.6 is 0 Å². The molecule has 0 aromatic rings.